The van der Waals surface area contributed by atoms with Crippen molar-refractivity contribution in [2.45, 2.75) is 24.8 Å². The molecule has 5 heteroatoms. The fourth-order valence-corrected chi connectivity index (χ4v) is 2.33. The molecule has 2 aromatic carbocycles. The molecule has 3 nitrogen and oxygen atoms in total. The van der Waals surface area contributed by atoms with E-state index in [0.717, 1.165) is 11.3 Å². The van der Waals surface area contributed by atoms with E-state index in [2.05, 4.69) is 42.7 Å². The second-order valence-electron chi connectivity index (χ2n) is 4.91. The van der Waals surface area contributed by atoms with Gasteiger partial charge in [0.05, 0.1) is 0 Å². The number of carboxylic acids is 1. The van der Waals surface area contributed by atoms with Gasteiger partial charge in [0.2, 0.25) is 0 Å². The summed E-state index contributed by atoms with van der Waals surface area (Å²) in [5.41, 5.74) is 2.36. The molecule has 23 heavy (non-hydrogen) atoms. The number of rotatable bonds is 7. The molecule has 0 bridgehead atoms. The lowest BCUT2D eigenvalue weighted by atomic mass is 10.2. The summed E-state index contributed by atoms with van der Waals surface area (Å²) >= 11 is 8.14. The summed E-state index contributed by atoms with van der Waals surface area (Å²) in [6, 6.07) is 19.4. The average Bonchev–Trinajstić information content (AvgIpc) is 2.60. The first-order valence-electron chi connectivity index (χ1n) is 7.43. The highest BCUT2D eigenvalue weighted by Crippen LogP contribution is 2.01. The van der Waals surface area contributed by atoms with Crippen LogP contribution in [0.1, 0.15) is 17.5 Å². The van der Waals surface area contributed by atoms with Crippen LogP contribution in [0, 0.1) is 0 Å². The van der Waals surface area contributed by atoms with Crippen LogP contribution in [-0.2, 0) is 17.1 Å². The van der Waals surface area contributed by atoms with Gasteiger partial charge in [-0.3, -0.25) is 4.79 Å². The Balaban J connectivity index is 0.000000277. The van der Waals surface area contributed by atoms with Crippen LogP contribution in [0.5, 0.6) is 0 Å². The topological polar surface area (TPSA) is 49.3 Å². The molecule has 0 saturated heterocycles. The Labute approximate surface area is 148 Å². The maximum absolute atomic E-state index is 10.8. The van der Waals surface area contributed by atoms with Gasteiger partial charge in [-0.2, -0.15) is 25.3 Å². The van der Waals surface area contributed by atoms with Gasteiger partial charge in [0, 0.05) is 12.3 Å². The van der Waals surface area contributed by atoms with Gasteiger partial charge in [-0.15, -0.1) is 0 Å². The van der Waals surface area contributed by atoms with Crippen molar-refractivity contribution >= 4 is 31.2 Å². The van der Waals surface area contributed by atoms with E-state index < -0.39 is 12.0 Å². The van der Waals surface area contributed by atoms with Crippen LogP contribution in [0.2, 0.25) is 0 Å². The quantitative estimate of drug-likeness (QED) is 0.577. The molecule has 2 rings (SSSR count). The van der Waals surface area contributed by atoms with Crippen molar-refractivity contribution in [2.24, 2.45) is 0 Å². The van der Waals surface area contributed by atoms with Crippen molar-refractivity contribution in [3.05, 3.63) is 71.8 Å². The number of hydrogen-bond donors (Lipinski definition) is 4. The summed E-state index contributed by atoms with van der Waals surface area (Å²) in [5, 5.41) is 11.9. The standard InChI is InChI=1S/C11H15NO2S.C7H8S/c13-11(14)10(6-7-15)12-8-9-4-2-1-3-5-9;8-6-7-4-2-1-3-5-7/h1-5,10,12,15H,6-8H2,(H,13,14);1-5,8H,6H2/t10-;/m0./s1. The van der Waals surface area contributed by atoms with Crippen LogP contribution >= 0.6 is 25.3 Å². The van der Waals surface area contributed by atoms with Crippen molar-refractivity contribution < 1.29 is 9.90 Å². The molecule has 0 saturated carbocycles. The molecule has 1 atom stereocenters. The molecule has 0 unspecified atom stereocenters. The molecule has 2 N–H and O–H groups in total. The monoisotopic (exact) mass is 349 g/mol. The Morgan fingerprint density at radius 1 is 0.957 bits per heavy atom. The van der Waals surface area contributed by atoms with Gasteiger partial charge in [0.1, 0.15) is 6.04 Å². The summed E-state index contributed by atoms with van der Waals surface area (Å²) in [6.45, 7) is 0.575. The van der Waals surface area contributed by atoms with Crippen molar-refractivity contribution in [1.29, 1.82) is 0 Å². The smallest absolute Gasteiger partial charge is 0.320 e. The fraction of sp³-hybridized carbons (Fsp3) is 0.278. The number of hydrogen-bond acceptors (Lipinski definition) is 4. The van der Waals surface area contributed by atoms with Crippen LogP contribution < -0.4 is 5.32 Å². The molecule has 0 amide bonds. The van der Waals surface area contributed by atoms with Gasteiger partial charge in [-0.25, -0.2) is 0 Å². The lowest BCUT2D eigenvalue weighted by molar-refractivity contribution is -0.139. The second-order valence-corrected chi connectivity index (χ2v) is 5.68. The van der Waals surface area contributed by atoms with E-state index in [1.165, 1.54) is 5.56 Å². The van der Waals surface area contributed by atoms with Gasteiger partial charge in [0.25, 0.3) is 0 Å². The zero-order valence-electron chi connectivity index (χ0n) is 12.9. The number of carbonyl (C=O) groups is 1. The largest absolute Gasteiger partial charge is 0.480 e. The van der Waals surface area contributed by atoms with Gasteiger partial charge in [-0.1, -0.05) is 60.7 Å². The molecule has 0 aliphatic heterocycles. The summed E-state index contributed by atoms with van der Waals surface area (Å²) in [5.74, 6) is 0.583. The molecule has 0 aromatic heterocycles. The first-order valence-corrected chi connectivity index (χ1v) is 8.69. The highest BCUT2D eigenvalue weighted by atomic mass is 32.1. The van der Waals surface area contributed by atoms with Gasteiger partial charge in [0.15, 0.2) is 0 Å². The van der Waals surface area contributed by atoms with Crippen LogP contribution in [0.15, 0.2) is 60.7 Å². The minimum Gasteiger partial charge on any atom is -0.480 e. The number of thiol groups is 2. The number of carboxylic acid groups (broad SMARTS) is 1. The fourth-order valence-electron chi connectivity index (χ4n) is 1.86. The Morgan fingerprint density at radius 3 is 1.87 bits per heavy atom. The predicted octanol–water partition coefficient (Wildman–Crippen LogP) is 3.67. The zero-order valence-corrected chi connectivity index (χ0v) is 14.7. The third kappa shape index (κ3) is 8.69. The SMILES string of the molecule is O=C(O)[C@H](CCS)NCc1ccccc1.SCc1ccccc1. The summed E-state index contributed by atoms with van der Waals surface area (Å²) in [6.07, 6.45) is 0.533. The van der Waals surface area contributed by atoms with Gasteiger partial charge < -0.3 is 10.4 Å². The highest BCUT2D eigenvalue weighted by Gasteiger charge is 2.14. The van der Waals surface area contributed by atoms with Crippen LogP contribution in [0.25, 0.3) is 0 Å². The van der Waals surface area contributed by atoms with Crippen molar-refractivity contribution in [2.75, 3.05) is 5.75 Å². The molecular formula is C18H23NO2S2. The first kappa shape index (κ1) is 19.6. The lowest BCUT2D eigenvalue weighted by Crippen LogP contribution is -2.36. The van der Waals surface area contributed by atoms with Crippen LogP contribution in [0.3, 0.4) is 0 Å². The molecule has 2 aromatic rings. The molecule has 0 aliphatic carbocycles. The Hall–Kier alpha value is -1.43. The summed E-state index contributed by atoms with van der Waals surface area (Å²) in [4.78, 5) is 10.8. The van der Waals surface area contributed by atoms with E-state index >= 15 is 0 Å². The third-order valence-corrected chi connectivity index (χ3v) is 3.76. The first-order chi connectivity index (χ1) is 11.2. The Kier molecular flexibility index (Phi) is 10.3. The average molecular weight is 350 g/mol. The Morgan fingerprint density at radius 2 is 1.48 bits per heavy atom. The second kappa shape index (κ2) is 12.0. The van der Waals surface area contributed by atoms with E-state index in [1.807, 2.05) is 48.5 Å². The maximum Gasteiger partial charge on any atom is 0.320 e. The molecule has 0 fully saturated rings. The van der Waals surface area contributed by atoms with E-state index in [0.29, 0.717) is 18.7 Å². The number of benzene rings is 2. The zero-order chi connectivity index (χ0) is 16.9. The molecule has 124 valence electrons. The van der Waals surface area contributed by atoms with E-state index in [9.17, 15) is 4.79 Å². The van der Waals surface area contributed by atoms with Crippen molar-refractivity contribution in [3.63, 3.8) is 0 Å². The van der Waals surface area contributed by atoms with Crippen LogP contribution in [-0.4, -0.2) is 22.9 Å². The molecular weight excluding hydrogens is 326 g/mol. The molecule has 0 heterocycles. The predicted molar refractivity (Wildman–Crippen MR) is 102 cm³/mol. The van der Waals surface area contributed by atoms with E-state index in [4.69, 9.17) is 5.11 Å². The minimum atomic E-state index is -0.819. The maximum atomic E-state index is 10.8. The van der Waals surface area contributed by atoms with Crippen LogP contribution in [0.4, 0.5) is 0 Å². The van der Waals surface area contributed by atoms with E-state index in [-0.39, 0.29) is 0 Å². The molecule has 0 aliphatic rings. The third-order valence-electron chi connectivity index (χ3n) is 3.14. The Bertz CT molecular complexity index is 549. The van der Waals surface area contributed by atoms with Gasteiger partial charge in [-0.05, 0) is 23.3 Å². The normalized spacial score (nSPS) is 11.2. The number of aliphatic carboxylic acids is 1. The minimum absolute atomic E-state index is 0.511. The van der Waals surface area contributed by atoms with Crippen molar-refractivity contribution in [3.8, 4) is 0 Å². The number of nitrogens with one attached hydrogen (secondary N) is 1. The van der Waals surface area contributed by atoms with Crippen molar-refractivity contribution in [1.82, 2.24) is 5.32 Å². The molecule has 0 spiro atoms. The summed E-state index contributed by atoms with van der Waals surface area (Å²) in [7, 11) is 0. The van der Waals surface area contributed by atoms with E-state index in [1.54, 1.807) is 0 Å². The van der Waals surface area contributed by atoms with Gasteiger partial charge >= 0.3 is 5.97 Å². The molecule has 0 radical (unpaired) electrons. The highest BCUT2D eigenvalue weighted by molar-refractivity contribution is 7.80. The lowest BCUT2D eigenvalue weighted by Gasteiger charge is -2.12. The summed E-state index contributed by atoms with van der Waals surface area (Å²) < 4.78 is 0.